The second-order valence-electron chi connectivity index (χ2n) is 6.67. The first-order valence-corrected chi connectivity index (χ1v) is 8.88. The number of nitrogens with one attached hydrogen (secondary N) is 1. The van der Waals surface area contributed by atoms with E-state index in [0.29, 0.717) is 18.8 Å². The fourth-order valence-electron chi connectivity index (χ4n) is 3.12. The molecule has 0 fully saturated rings. The van der Waals surface area contributed by atoms with E-state index in [1.165, 1.54) is 5.56 Å². The maximum absolute atomic E-state index is 12.3. The summed E-state index contributed by atoms with van der Waals surface area (Å²) in [6, 6.07) is 10.1. The summed E-state index contributed by atoms with van der Waals surface area (Å²) in [5.41, 5.74) is 9.30. The summed E-state index contributed by atoms with van der Waals surface area (Å²) in [6.45, 7) is 0. The lowest BCUT2D eigenvalue weighted by Crippen LogP contribution is -2.33. The zero-order chi connectivity index (χ0) is 17.5. The normalized spacial score (nSPS) is 18.0. The molecule has 1 aromatic carbocycles. The molecule has 3 rings (SSSR count). The molecule has 1 unspecified atom stereocenters. The van der Waals surface area contributed by atoms with Crippen LogP contribution in [0.2, 0.25) is 0 Å². The lowest BCUT2D eigenvalue weighted by molar-refractivity contribution is -0.119. The third-order valence-electron chi connectivity index (χ3n) is 4.69. The Labute approximate surface area is 148 Å². The van der Waals surface area contributed by atoms with Crippen molar-refractivity contribution in [2.45, 2.75) is 38.1 Å². The SMILES string of the molecule is N[C@@H](Cc1c[nH]cn1)C(=O)CC1=CCC(CCc2ccccc2)C=C1. The molecule has 3 N–H and O–H groups in total. The number of Topliss-reactive ketones (excluding diaryl/α,β-unsaturated/α-hetero) is 1. The number of nitrogens with two attached hydrogens (primary N) is 1. The van der Waals surface area contributed by atoms with Crippen molar-refractivity contribution in [2.24, 2.45) is 11.7 Å². The second kappa shape index (κ2) is 8.58. The van der Waals surface area contributed by atoms with Crippen molar-refractivity contribution in [1.82, 2.24) is 9.97 Å². The van der Waals surface area contributed by atoms with Gasteiger partial charge in [0.1, 0.15) is 0 Å². The molecular weight excluding hydrogens is 310 g/mol. The summed E-state index contributed by atoms with van der Waals surface area (Å²) < 4.78 is 0. The molecule has 4 heteroatoms. The van der Waals surface area contributed by atoms with Gasteiger partial charge < -0.3 is 10.7 Å². The average molecular weight is 335 g/mol. The molecule has 25 heavy (non-hydrogen) atoms. The summed E-state index contributed by atoms with van der Waals surface area (Å²) >= 11 is 0. The topological polar surface area (TPSA) is 71.8 Å². The average Bonchev–Trinajstić information content (AvgIpc) is 3.15. The minimum Gasteiger partial charge on any atom is -0.351 e. The highest BCUT2D eigenvalue weighted by Crippen LogP contribution is 2.23. The van der Waals surface area contributed by atoms with Crippen LogP contribution in [0.4, 0.5) is 0 Å². The quantitative estimate of drug-likeness (QED) is 0.777. The van der Waals surface area contributed by atoms with Crippen molar-refractivity contribution in [1.29, 1.82) is 0 Å². The number of hydrogen-bond acceptors (Lipinski definition) is 3. The Balaban J connectivity index is 1.43. The Morgan fingerprint density at radius 2 is 2.16 bits per heavy atom. The highest BCUT2D eigenvalue weighted by molar-refractivity contribution is 5.86. The van der Waals surface area contributed by atoms with Crippen LogP contribution in [0.5, 0.6) is 0 Å². The molecule has 0 aliphatic heterocycles. The van der Waals surface area contributed by atoms with Gasteiger partial charge in [-0.05, 0) is 36.3 Å². The van der Waals surface area contributed by atoms with E-state index in [1.807, 2.05) is 6.07 Å². The molecule has 0 saturated heterocycles. The molecule has 130 valence electrons. The third kappa shape index (κ3) is 5.26. The van der Waals surface area contributed by atoms with Gasteiger partial charge in [-0.3, -0.25) is 4.79 Å². The number of aromatic amines is 1. The lowest BCUT2D eigenvalue weighted by Gasteiger charge is -2.17. The van der Waals surface area contributed by atoms with Crippen LogP contribution in [0, 0.1) is 5.92 Å². The van der Waals surface area contributed by atoms with Crippen molar-refractivity contribution in [2.75, 3.05) is 0 Å². The van der Waals surface area contributed by atoms with Gasteiger partial charge >= 0.3 is 0 Å². The van der Waals surface area contributed by atoms with E-state index >= 15 is 0 Å². The molecule has 0 radical (unpaired) electrons. The van der Waals surface area contributed by atoms with Gasteiger partial charge in [0.2, 0.25) is 0 Å². The smallest absolute Gasteiger partial charge is 0.154 e. The van der Waals surface area contributed by atoms with E-state index in [4.69, 9.17) is 5.73 Å². The van der Waals surface area contributed by atoms with Crippen molar-refractivity contribution in [3.05, 3.63) is 77.9 Å². The zero-order valence-corrected chi connectivity index (χ0v) is 14.4. The van der Waals surface area contributed by atoms with Gasteiger partial charge in [-0.1, -0.05) is 48.6 Å². The number of benzene rings is 1. The van der Waals surface area contributed by atoms with Crippen molar-refractivity contribution < 1.29 is 4.79 Å². The Hall–Kier alpha value is -2.46. The van der Waals surface area contributed by atoms with E-state index < -0.39 is 6.04 Å². The van der Waals surface area contributed by atoms with Crippen LogP contribution in [-0.2, 0) is 17.6 Å². The number of nitrogens with zero attached hydrogens (tertiary/aromatic N) is 1. The van der Waals surface area contributed by atoms with Crippen LogP contribution in [-0.4, -0.2) is 21.8 Å². The summed E-state index contributed by atoms with van der Waals surface area (Å²) in [6.07, 6.45) is 14.0. The number of aromatic nitrogens is 2. The predicted octanol–water partition coefficient (Wildman–Crippen LogP) is 3.37. The minimum absolute atomic E-state index is 0.0710. The molecule has 1 aliphatic carbocycles. The fraction of sp³-hybridized carbons (Fsp3) is 0.333. The Kier molecular flexibility index (Phi) is 5.96. The van der Waals surface area contributed by atoms with Gasteiger partial charge in [0.15, 0.2) is 5.78 Å². The number of carbonyl (C=O) groups excluding carboxylic acids is 1. The summed E-state index contributed by atoms with van der Waals surface area (Å²) in [5.74, 6) is 0.624. The number of imidazole rings is 1. The largest absolute Gasteiger partial charge is 0.351 e. The number of ketones is 1. The number of carbonyl (C=O) groups is 1. The van der Waals surface area contributed by atoms with Gasteiger partial charge in [-0.25, -0.2) is 4.98 Å². The molecule has 1 aromatic heterocycles. The van der Waals surface area contributed by atoms with Gasteiger partial charge in [0.25, 0.3) is 0 Å². The molecule has 0 spiro atoms. The van der Waals surface area contributed by atoms with Crippen LogP contribution >= 0.6 is 0 Å². The first-order chi connectivity index (χ1) is 12.2. The van der Waals surface area contributed by atoms with Crippen LogP contribution in [0.25, 0.3) is 0 Å². The monoisotopic (exact) mass is 335 g/mol. The van der Waals surface area contributed by atoms with Crippen LogP contribution < -0.4 is 5.73 Å². The molecule has 1 aliphatic rings. The maximum atomic E-state index is 12.3. The molecular formula is C21H25N3O. The summed E-state index contributed by atoms with van der Waals surface area (Å²) in [5, 5.41) is 0. The number of allylic oxidation sites excluding steroid dienone is 4. The van der Waals surface area contributed by atoms with E-state index in [0.717, 1.165) is 30.5 Å². The first-order valence-electron chi connectivity index (χ1n) is 8.88. The standard InChI is InChI=1S/C21H25N3O/c22-20(13-19-14-23-15-24-19)21(25)12-18-10-8-17(9-11-18)7-6-16-4-2-1-3-5-16/h1-5,8,10-11,14-15,17,20H,6-7,9,12-13,22H2,(H,23,24)/t17?,20-/m0/s1. The molecule has 4 nitrogen and oxygen atoms in total. The highest BCUT2D eigenvalue weighted by Gasteiger charge is 2.17. The van der Waals surface area contributed by atoms with Gasteiger partial charge in [0, 0.05) is 19.0 Å². The second-order valence-corrected chi connectivity index (χ2v) is 6.67. The Morgan fingerprint density at radius 3 is 2.84 bits per heavy atom. The van der Waals surface area contributed by atoms with Gasteiger partial charge in [-0.2, -0.15) is 0 Å². The van der Waals surface area contributed by atoms with Crippen LogP contribution in [0.3, 0.4) is 0 Å². The Bertz CT molecular complexity index is 732. The fourth-order valence-corrected chi connectivity index (χ4v) is 3.12. The van der Waals surface area contributed by atoms with Crippen LogP contribution in [0.1, 0.15) is 30.5 Å². The lowest BCUT2D eigenvalue weighted by atomic mass is 9.89. The van der Waals surface area contributed by atoms with Crippen molar-refractivity contribution in [3.63, 3.8) is 0 Å². The zero-order valence-electron chi connectivity index (χ0n) is 14.4. The predicted molar refractivity (Wildman–Crippen MR) is 100.0 cm³/mol. The molecule has 1 heterocycles. The van der Waals surface area contributed by atoms with Crippen molar-refractivity contribution >= 4 is 5.78 Å². The number of rotatable bonds is 8. The number of aryl methyl sites for hydroxylation is 1. The number of H-pyrrole nitrogens is 1. The van der Waals surface area contributed by atoms with E-state index in [-0.39, 0.29) is 5.78 Å². The molecule has 0 amide bonds. The van der Waals surface area contributed by atoms with E-state index in [9.17, 15) is 4.79 Å². The molecule has 2 aromatic rings. The van der Waals surface area contributed by atoms with E-state index in [2.05, 4.69) is 52.5 Å². The van der Waals surface area contributed by atoms with Crippen molar-refractivity contribution in [3.8, 4) is 0 Å². The van der Waals surface area contributed by atoms with Crippen LogP contribution in [0.15, 0.2) is 66.7 Å². The highest BCUT2D eigenvalue weighted by atomic mass is 16.1. The number of hydrogen-bond donors (Lipinski definition) is 2. The van der Waals surface area contributed by atoms with Gasteiger partial charge in [0.05, 0.1) is 18.1 Å². The third-order valence-corrected chi connectivity index (χ3v) is 4.69. The summed E-state index contributed by atoms with van der Waals surface area (Å²) in [4.78, 5) is 19.3. The molecule has 0 bridgehead atoms. The first kappa shape index (κ1) is 17.4. The maximum Gasteiger partial charge on any atom is 0.154 e. The minimum atomic E-state index is -0.492. The molecule has 0 saturated carbocycles. The summed E-state index contributed by atoms with van der Waals surface area (Å²) in [7, 11) is 0. The van der Waals surface area contributed by atoms with E-state index in [1.54, 1.807) is 12.5 Å². The molecule has 2 atom stereocenters. The van der Waals surface area contributed by atoms with Gasteiger partial charge in [-0.15, -0.1) is 0 Å². The Morgan fingerprint density at radius 1 is 1.32 bits per heavy atom.